The van der Waals surface area contributed by atoms with Crippen molar-refractivity contribution in [2.75, 3.05) is 20.6 Å². The Bertz CT molecular complexity index is 335. The number of benzene rings is 1. The molecule has 0 radical (unpaired) electrons. The summed E-state index contributed by atoms with van der Waals surface area (Å²) in [5, 5.41) is 3.33. The maximum atomic E-state index is 11.5. The van der Waals surface area contributed by atoms with Crippen molar-refractivity contribution in [3.8, 4) is 0 Å². The Labute approximate surface area is 104 Å². The number of rotatable bonds is 6. The summed E-state index contributed by atoms with van der Waals surface area (Å²) in [5.74, 6) is 0.113. The minimum Gasteiger partial charge on any atom is -0.348 e. The standard InChI is InChI=1S/C14H22N2O/c1-4-8-13(12-9-6-5-7-10-12)15-11-14(17)16(2)3/h5-7,9-10,13,15H,4,8,11H2,1-3H3. The van der Waals surface area contributed by atoms with E-state index in [0.29, 0.717) is 6.54 Å². The number of hydrogen-bond acceptors (Lipinski definition) is 2. The largest absolute Gasteiger partial charge is 0.348 e. The van der Waals surface area contributed by atoms with Gasteiger partial charge in [0.05, 0.1) is 6.54 Å². The van der Waals surface area contributed by atoms with E-state index in [1.165, 1.54) is 5.56 Å². The molecule has 3 heteroatoms. The number of nitrogens with one attached hydrogen (secondary N) is 1. The van der Waals surface area contributed by atoms with Crippen LogP contribution in [-0.2, 0) is 4.79 Å². The van der Waals surface area contributed by atoms with Crippen LogP contribution in [0.4, 0.5) is 0 Å². The minimum atomic E-state index is 0.113. The SMILES string of the molecule is CCCC(NCC(=O)N(C)C)c1ccccc1. The van der Waals surface area contributed by atoms with Gasteiger partial charge in [-0.15, -0.1) is 0 Å². The van der Waals surface area contributed by atoms with E-state index in [0.717, 1.165) is 12.8 Å². The summed E-state index contributed by atoms with van der Waals surface area (Å²) in [6, 6.07) is 10.6. The number of nitrogens with zero attached hydrogens (tertiary/aromatic N) is 1. The third kappa shape index (κ3) is 4.57. The molecule has 0 bridgehead atoms. The van der Waals surface area contributed by atoms with Crippen molar-refractivity contribution in [1.29, 1.82) is 0 Å². The lowest BCUT2D eigenvalue weighted by Crippen LogP contribution is -2.35. The van der Waals surface area contributed by atoms with Gasteiger partial charge in [-0.3, -0.25) is 4.79 Å². The van der Waals surface area contributed by atoms with Crippen LogP contribution in [0.5, 0.6) is 0 Å². The average Bonchev–Trinajstić information content (AvgIpc) is 2.35. The van der Waals surface area contributed by atoms with Gasteiger partial charge in [-0.05, 0) is 12.0 Å². The molecule has 0 fully saturated rings. The molecule has 0 aliphatic rings. The molecule has 0 saturated carbocycles. The number of amides is 1. The van der Waals surface area contributed by atoms with E-state index in [1.54, 1.807) is 19.0 Å². The van der Waals surface area contributed by atoms with Crippen LogP contribution in [0.1, 0.15) is 31.4 Å². The van der Waals surface area contributed by atoms with Gasteiger partial charge in [-0.1, -0.05) is 43.7 Å². The van der Waals surface area contributed by atoms with Gasteiger partial charge in [0.15, 0.2) is 0 Å². The van der Waals surface area contributed by atoms with E-state index in [1.807, 2.05) is 18.2 Å². The molecular weight excluding hydrogens is 212 g/mol. The van der Waals surface area contributed by atoms with Crippen LogP contribution in [0, 0.1) is 0 Å². The molecule has 3 nitrogen and oxygen atoms in total. The van der Waals surface area contributed by atoms with Crippen LogP contribution in [0.2, 0.25) is 0 Å². The van der Waals surface area contributed by atoms with Gasteiger partial charge in [0.1, 0.15) is 0 Å². The third-order valence-corrected chi connectivity index (χ3v) is 2.78. The highest BCUT2D eigenvalue weighted by Crippen LogP contribution is 2.17. The van der Waals surface area contributed by atoms with E-state index in [-0.39, 0.29) is 11.9 Å². The fourth-order valence-electron chi connectivity index (χ4n) is 1.73. The van der Waals surface area contributed by atoms with E-state index >= 15 is 0 Å². The first-order valence-corrected chi connectivity index (χ1v) is 6.13. The number of likely N-dealkylation sites (N-methyl/N-ethyl adjacent to an activating group) is 1. The Kier molecular flexibility index (Phi) is 5.70. The van der Waals surface area contributed by atoms with Crippen LogP contribution >= 0.6 is 0 Å². The maximum absolute atomic E-state index is 11.5. The molecule has 0 heterocycles. The normalized spacial score (nSPS) is 12.2. The maximum Gasteiger partial charge on any atom is 0.236 e. The number of hydrogen-bond donors (Lipinski definition) is 1. The Hall–Kier alpha value is -1.35. The average molecular weight is 234 g/mol. The fourth-order valence-corrected chi connectivity index (χ4v) is 1.73. The lowest BCUT2D eigenvalue weighted by Gasteiger charge is -2.19. The van der Waals surface area contributed by atoms with Gasteiger partial charge in [-0.2, -0.15) is 0 Å². The molecule has 0 aliphatic carbocycles. The predicted molar refractivity (Wildman–Crippen MR) is 70.8 cm³/mol. The summed E-state index contributed by atoms with van der Waals surface area (Å²) in [5.41, 5.74) is 1.25. The van der Waals surface area contributed by atoms with Gasteiger partial charge in [0, 0.05) is 20.1 Å². The van der Waals surface area contributed by atoms with Crippen molar-refractivity contribution in [3.05, 3.63) is 35.9 Å². The van der Waals surface area contributed by atoms with Gasteiger partial charge < -0.3 is 10.2 Å². The zero-order valence-corrected chi connectivity index (χ0v) is 10.9. The molecule has 1 rings (SSSR count). The van der Waals surface area contributed by atoms with Gasteiger partial charge in [0.2, 0.25) is 5.91 Å². The van der Waals surface area contributed by atoms with Gasteiger partial charge >= 0.3 is 0 Å². The topological polar surface area (TPSA) is 32.3 Å². The van der Waals surface area contributed by atoms with Crippen molar-refractivity contribution < 1.29 is 4.79 Å². The quantitative estimate of drug-likeness (QED) is 0.818. The monoisotopic (exact) mass is 234 g/mol. The highest BCUT2D eigenvalue weighted by atomic mass is 16.2. The smallest absolute Gasteiger partial charge is 0.236 e. The second-order valence-electron chi connectivity index (χ2n) is 4.42. The van der Waals surface area contributed by atoms with Crippen LogP contribution in [0.25, 0.3) is 0 Å². The predicted octanol–water partition coefficient (Wildman–Crippen LogP) is 2.21. The van der Waals surface area contributed by atoms with Crippen LogP contribution in [-0.4, -0.2) is 31.4 Å². The number of carbonyl (C=O) groups is 1. The molecule has 17 heavy (non-hydrogen) atoms. The van der Waals surface area contributed by atoms with Crippen LogP contribution in [0.3, 0.4) is 0 Å². The molecule has 0 aliphatic heterocycles. The Morgan fingerprint density at radius 1 is 1.29 bits per heavy atom. The number of carbonyl (C=O) groups excluding carboxylic acids is 1. The lowest BCUT2D eigenvalue weighted by atomic mass is 10.0. The van der Waals surface area contributed by atoms with Gasteiger partial charge in [-0.25, -0.2) is 0 Å². The summed E-state index contributed by atoms with van der Waals surface area (Å²) in [4.78, 5) is 13.2. The minimum absolute atomic E-state index is 0.113. The van der Waals surface area contributed by atoms with Crippen molar-refractivity contribution in [1.82, 2.24) is 10.2 Å². The van der Waals surface area contributed by atoms with Crippen LogP contribution < -0.4 is 5.32 Å². The van der Waals surface area contributed by atoms with E-state index in [9.17, 15) is 4.79 Å². The highest BCUT2D eigenvalue weighted by Gasteiger charge is 2.12. The molecule has 1 N–H and O–H groups in total. The molecule has 1 aromatic carbocycles. The first-order valence-electron chi connectivity index (χ1n) is 6.13. The Morgan fingerprint density at radius 3 is 2.47 bits per heavy atom. The third-order valence-electron chi connectivity index (χ3n) is 2.78. The Balaban J connectivity index is 2.58. The van der Waals surface area contributed by atoms with Crippen molar-refractivity contribution in [3.63, 3.8) is 0 Å². The van der Waals surface area contributed by atoms with Crippen LogP contribution in [0.15, 0.2) is 30.3 Å². The second-order valence-corrected chi connectivity index (χ2v) is 4.42. The fraction of sp³-hybridized carbons (Fsp3) is 0.500. The molecular formula is C14H22N2O. The molecule has 1 unspecified atom stereocenters. The molecule has 1 atom stereocenters. The van der Waals surface area contributed by atoms with E-state index in [4.69, 9.17) is 0 Å². The zero-order valence-electron chi connectivity index (χ0n) is 10.9. The first kappa shape index (κ1) is 13.7. The summed E-state index contributed by atoms with van der Waals surface area (Å²) in [7, 11) is 3.56. The van der Waals surface area contributed by atoms with Crippen molar-refractivity contribution in [2.45, 2.75) is 25.8 Å². The Morgan fingerprint density at radius 2 is 1.94 bits per heavy atom. The summed E-state index contributed by atoms with van der Waals surface area (Å²) in [6.45, 7) is 2.55. The molecule has 1 amide bonds. The summed E-state index contributed by atoms with van der Waals surface area (Å²) < 4.78 is 0. The second kappa shape index (κ2) is 7.07. The molecule has 0 saturated heterocycles. The molecule has 0 spiro atoms. The van der Waals surface area contributed by atoms with E-state index in [2.05, 4.69) is 24.4 Å². The summed E-state index contributed by atoms with van der Waals surface area (Å²) in [6.07, 6.45) is 2.15. The van der Waals surface area contributed by atoms with Gasteiger partial charge in [0.25, 0.3) is 0 Å². The summed E-state index contributed by atoms with van der Waals surface area (Å²) >= 11 is 0. The first-order chi connectivity index (χ1) is 8.15. The van der Waals surface area contributed by atoms with E-state index < -0.39 is 0 Å². The molecule has 1 aromatic rings. The lowest BCUT2D eigenvalue weighted by molar-refractivity contribution is -0.127. The zero-order chi connectivity index (χ0) is 12.7. The molecule has 94 valence electrons. The highest BCUT2D eigenvalue weighted by molar-refractivity contribution is 5.77. The van der Waals surface area contributed by atoms with Crippen molar-refractivity contribution in [2.24, 2.45) is 0 Å². The molecule has 0 aromatic heterocycles. The van der Waals surface area contributed by atoms with Crippen molar-refractivity contribution >= 4 is 5.91 Å².